The van der Waals surface area contributed by atoms with E-state index in [1.807, 2.05) is 37.3 Å². The minimum atomic E-state index is -2.39. The number of likely N-dealkylation sites (N-methyl/N-ethyl adjacent to an activating group) is 1. The third kappa shape index (κ3) is 4.46. The Kier molecular flexibility index (Phi) is 5.75. The number of amides is 1. The van der Waals surface area contributed by atoms with Crippen LogP contribution in [0.25, 0.3) is 16.7 Å². The summed E-state index contributed by atoms with van der Waals surface area (Å²) in [4.78, 5) is 18.2. The minimum absolute atomic E-state index is 0.280. The van der Waals surface area contributed by atoms with Crippen molar-refractivity contribution in [3.05, 3.63) is 53.9 Å². The molecule has 6 nitrogen and oxygen atoms in total. The Morgan fingerprint density at radius 1 is 1.30 bits per heavy atom. The van der Waals surface area contributed by atoms with E-state index in [2.05, 4.69) is 15.4 Å². The van der Waals surface area contributed by atoms with E-state index in [0.29, 0.717) is 17.8 Å². The fourth-order valence-electron chi connectivity index (χ4n) is 2.81. The molecule has 0 radical (unpaired) electrons. The van der Waals surface area contributed by atoms with E-state index < -0.39 is 6.43 Å². The lowest BCUT2D eigenvalue weighted by atomic mass is 10.2. The minimum Gasteiger partial charge on any atom is -0.351 e. The van der Waals surface area contributed by atoms with Crippen molar-refractivity contribution in [2.24, 2.45) is 0 Å². The quantitative estimate of drug-likeness (QED) is 0.692. The highest BCUT2D eigenvalue weighted by molar-refractivity contribution is 5.97. The first-order valence-electron chi connectivity index (χ1n) is 8.61. The zero-order valence-corrected chi connectivity index (χ0v) is 15.2. The standard InChI is InChI=1S/C19H21F2N5O/c1-13-16-10-14(19(27)22-8-9-25(2)12-17(20)21)11-23-18(16)26(24-13)15-6-4-3-5-7-15/h3-7,10-11,17H,8-9,12H2,1-2H3,(H,22,27). The Labute approximate surface area is 155 Å². The Balaban J connectivity index is 1.73. The second kappa shape index (κ2) is 8.22. The van der Waals surface area contributed by atoms with Gasteiger partial charge in [0.05, 0.1) is 23.5 Å². The second-order valence-electron chi connectivity index (χ2n) is 6.34. The number of fused-ring (bicyclic) bond motifs is 1. The molecule has 1 amide bonds. The molecule has 142 valence electrons. The highest BCUT2D eigenvalue weighted by Gasteiger charge is 2.14. The lowest BCUT2D eigenvalue weighted by molar-refractivity contribution is 0.0920. The summed E-state index contributed by atoms with van der Waals surface area (Å²) in [6.45, 7) is 2.17. The van der Waals surface area contributed by atoms with Crippen LogP contribution in [0.4, 0.5) is 8.78 Å². The number of aromatic nitrogens is 3. The molecule has 0 saturated carbocycles. The van der Waals surface area contributed by atoms with Gasteiger partial charge in [0, 0.05) is 24.7 Å². The van der Waals surface area contributed by atoms with Crippen LogP contribution in [0.5, 0.6) is 0 Å². The number of benzene rings is 1. The van der Waals surface area contributed by atoms with Crippen molar-refractivity contribution in [3.8, 4) is 5.69 Å². The van der Waals surface area contributed by atoms with Gasteiger partial charge in [-0.25, -0.2) is 18.4 Å². The maximum absolute atomic E-state index is 12.3. The number of halogens is 2. The predicted octanol–water partition coefficient (Wildman–Crippen LogP) is 2.66. The summed E-state index contributed by atoms with van der Waals surface area (Å²) in [6, 6.07) is 11.4. The summed E-state index contributed by atoms with van der Waals surface area (Å²) in [5.41, 5.74) is 2.75. The zero-order chi connectivity index (χ0) is 19.4. The van der Waals surface area contributed by atoms with E-state index in [0.717, 1.165) is 16.8 Å². The molecular formula is C19H21F2N5O. The van der Waals surface area contributed by atoms with Gasteiger partial charge < -0.3 is 5.32 Å². The fourth-order valence-corrected chi connectivity index (χ4v) is 2.81. The molecule has 0 atom stereocenters. The number of carbonyl (C=O) groups is 1. The fraction of sp³-hybridized carbons (Fsp3) is 0.316. The van der Waals surface area contributed by atoms with Gasteiger partial charge in [0.2, 0.25) is 0 Å². The van der Waals surface area contributed by atoms with E-state index in [4.69, 9.17) is 0 Å². The number of rotatable bonds is 7. The molecule has 2 heterocycles. The third-order valence-electron chi connectivity index (χ3n) is 4.20. The van der Waals surface area contributed by atoms with Crippen LogP contribution in [0.3, 0.4) is 0 Å². The number of nitrogens with one attached hydrogen (secondary N) is 1. The third-order valence-corrected chi connectivity index (χ3v) is 4.20. The number of aryl methyl sites for hydroxylation is 1. The lowest BCUT2D eigenvalue weighted by Crippen LogP contribution is -2.35. The van der Waals surface area contributed by atoms with Crippen LogP contribution in [-0.2, 0) is 0 Å². The molecule has 0 saturated heterocycles. The number of nitrogens with zero attached hydrogens (tertiary/aromatic N) is 4. The average Bonchev–Trinajstić information content (AvgIpc) is 2.98. The number of hydrogen-bond acceptors (Lipinski definition) is 4. The topological polar surface area (TPSA) is 63.1 Å². The smallest absolute Gasteiger partial charge is 0.252 e. The SMILES string of the molecule is Cc1nn(-c2ccccc2)c2ncc(C(=O)NCCN(C)CC(F)F)cc12. The van der Waals surface area contributed by atoms with Crippen LogP contribution in [0.2, 0.25) is 0 Å². The first-order valence-corrected chi connectivity index (χ1v) is 8.61. The molecule has 0 aliphatic rings. The Morgan fingerprint density at radius 3 is 2.74 bits per heavy atom. The van der Waals surface area contributed by atoms with Crippen molar-refractivity contribution in [3.63, 3.8) is 0 Å². The molecule has 1 aromatic carbocycles. The molecule has 27 heavy (non-hydrogen) atoms. The van der Waals surface area contributed by atoms with E-state index in [1.54, 1.807) is 17.8 Å². The normalized spacial score (nSPS) is 11.5. The Morgan fingerprint density at radius 2 is 2.04 bits per heavy atom. The predicted molar refractivity (Wildman–Crippen MR) is 99.4 cm³/mol. The molecule has 0 aliphatic carbocycles. The Hall–Kier alpha value is -2.87. The summed E-state index contributed by atoms with van der Waals surface area (Å²) in [5.74, 6) is -0.290. The van der Waals surface area contributed by atoms with E-state index in [9.17, 15) is 13.6 Å². The number of pyridine rings is 1. The van der Waals surface area contributed by atoms with Crippen molar-refractivity contribution in [2.75, 3.05) is 26.7 Å². The van der Waals surface area contributed by atoms with Gasteiger partial charge in [-0.3, -0.25) is 9.69 Å². The van der Waals surface area contributed by atoms with Crippen LogP contribution >= 0.6 is 0 Å². The van der Waals surface area contributed by atoms with Crippen molar-refractivity contribution in [1.29, 1.82) is 0 Å². The number of hydrogen-bond donors (Lipinski definition) is 1. The van der Waals surface area contributed by atoms with Crippen molar-refractivity contribution in [2.45, 2.75) is 13.3 Å². The average molecular weight is 373 g/mol. The molecule has 3 aromatic rings. The van der Waals surface area contributed by atoms with Crippen LogP contribution in [0.15, 0.2) is 42.6 Å². The van der Waals surface area contributed by atoms with Crippen molar-refractivity contribution < 1.29 is 13.6 Å². The molecule has 0 aliphatic heterocycles. The van der Waals surface area contributed by atoms with Crippen LogP contribution in [0.1, 0.15) is 16.1 Å². The number of alkyl halides is 2. The summed E-state index contributed by atoms with van der Waals surface area (Å²) in [5, 5.41) is 8.04. The largest absolute Gasteiger partial charge is 0.351 e. The van der Waals surface area contributed by atoms with E-state index >= 15 is 0 Å². The summed E-state index contributed by atoms with van der Waals surface area (Å²) in [7, 11) is 1.59. The maximum atomic E-state index is 12.3. The highest BCUT2D eigenvalue weighted by atomic mass is 19.3. The van der Waals surface area contributed by atoms with Crippen LogP contribution in [-0.4, -0.2) is 58.7 Å². The van der Waals surface area contributed by atoms with Gasteiger partial charge in [0.15, 0.2) is 5.65 Å². The number of carbonyl (C=O) groups excluding carboxylic acids is 1. The van der Waals surface area contributed by atoms with Gasteiger partial charge in [-0.05, 0) is 32.2 Å². The summed E-state index contributed by atoms with van der Waals surface area (Å²) < 4.78 is 26.3. The first-order chi connectivity index (χ1) is 13.0. The van der Waals surface area contributed by atoms with Crippen LogP contribution in [0, 0.1) is 6.92 Å². The monoisotopic (exact) mass is 373 g/mol. The molecule has 0 fully saturated rings. The van der Waals surface area contributed by atoms with Gasteiger partial charge in [-0.15, -0.1) is 0 Å². The summed E-state index contributed by atoms with van der Waals surface area (Å²) in [6.07, 6.45) is -0.886. The van der Waals surface area contributed by atoms with Gasteiger partial charge in [-0.1, -0.05) is 18.2 Å². The molecule has 1 N–H and O–H groups in total. The molecule has 0 bridgehead atoms. The molecule has 3 rings (SSSR count). The first kappa shape index (κ1) is 18.9. The summed E-state index contributed by atoms with van der Waals surface area (Å²) >= 11 is 0. The molecule has 2 aromatic heterocycles. The van der Waals surface area contributed by atoms with Crippen molar-refractivity contribution in [1.82, 2.24) is 25.0 Å². The van der Waals surface area contributed by atoms with Gasteiger partial charge in [-0.2, -0.15) is 5.10 Å². The molecule has 8 heteroatoms. The molecule has 0 unspecified atom stereocenters. The van der Waals surface area contributed by atoms with E-state index in [1.165, 1.54) is 11.1 Å². The van der Waals surface area contributed by atoms with Gasteiger partial charge in [0.25, 0.3) is 12.3 Å². The Bertz CT molecular complexity index is 926. The number of para-hydroxylation sites is 1. The molecular weight excluding hydrogens is 352 g/mol. The lowest BCUT2D eigenvalue weighted by Gasteiger charge is -2.16. The van der Waals surface area contributed by atoms with Gasteiger partial charge >= 0.3 is 0 Å². The van der Waals surface area contributed by atoms with Crippen molar-refractivity contribution >= 4 is 16.9 Å². The maximum Gasteiger partial charge on any atom is 0.252 e. The molecule has 0 spiro atoms. The van der Waals surface area contributed by atoms with E-state index in [-0.39, 0.29) is 19.0 Å². The van der Waals surface area contributed by atoms with Gasteiger partial charge in [0.1, 0.15) is 0 Å². The highest BCUT2D eigenvalue weighted by Crippen LogP contribution is 2.20. The zero-order valence-electron chi connectivity index (χ0n) is 15.2. The second-order valence-corrected chi connectivity index (χ2v) is 6.34. The van der Waals surface area contributed by atoms with Crippen LogP contribution < -0.4 is 5.32 Å².